The molecular weight excluding hydrogens is 715 g/mol. The van der Waals surface area contributed by atoms with Crippen molar-refractivity contribution in [3.63, 3.8) is 0 Å². The third kappa shape index (κ3) is 5.86. The van der Waals surface area contributed by atoms with Gasteiger partial charge < -0.3 is 0 Å². The molecule has 0 spiro atoms. The maximum atomic E-state index is 5.36. The van der Waals surface area contributed by atoms with Gasteiger partial charge in [0, 0.05) is 16.7 Å². The summed E-state index contributed by atoms with van der Waals surface area (Å²) in [6.07, 6.45) is 0. The number of hydrogen-bond donors (Lipinski definition) is 0. The molecule has 0 saturated carbocycles. The van der Waals surface area contributed by atoms with Gasteiger partial charge in [0.05, 0.1) is 5.41 Å². The minimum Gasteiger partial charge on any atom is -0.208 e. The van der Waals surface area contributed by atoms with E-state index in [0.29, 0.717) is 17.5 Å². The van der Waals surface area contributed by atoms with Crippen LogP contribution in [0.25, 0.3) is 78.3 Å². The van der Waals surface area contributed by atoms with E-state index in [0.717, 1.165) is 33.4 Å². The number of rotatable bonds is 7. The molecule has 0 saturated heterocycles. The Bertz CT molecular complexity index is 3080. The Kier molecular flexibility index (Phi) is 8.37. The van der Waals surface area contributed by atoms with E-state index in [1.165, 1.54) is 49.7 Å². The van der Waals surface area contributed by atoms with Crippen molar-refractivity contribution >= 4 is 10.8 Å². The van der Waals surface area contributed by atoms with Gasteiger partial charge in [-0.2, -0.15) is 0 Å². The van der Waals surface area contributed by atoms with Crippen LogP contribution in [0.1, 0.15) is 22.3 Å². The van der Waals surface area contributed by atoms with Gasteiger partial charge in [0.15, 0.2) is 17.5 Å². The van der Waals surface area contributed by atoms with E-state index in [9.17, 15) is 0 Å². The van der Waals surface area contributed by atoms with Crippen LogP contribution in [-0.4, -0.2) is 15.0 Å². The third-order valence-corrected chi connectivity index (χ3v) is 11.8. The average molecular weight is 752 g/mol. The Balaban J connectivity index is 1.21. The molecule has 59 heavy (non-hydrogen) atoms. The Morgan fingerprint density at radius 3 is 1.39 bits per heavy atom. The van der Waals surface area contributed by atoms with E-state index in [1.54, 1.807) is 0 Å². The summed E-state index contributed by atoms with van der Waals surface area (Å²) in [6.45, 7) is 0. The van der Waals surface area contributed by atoms with Crippen molar-refractivity contribution in [3.05, 3.63) is 247 Å². The summed E-state index contributed by atoms with van der Waals surface area (Å²) >= 11 is 0. The van der Waals surface area contributed by atoms with Gasteiger partial charge in [0.25, 0.3) is 0 Å². The SMILES string of the molecule is c1ccc(-c2ccc(-c3nc(-c4ccccc4)nc(-c4cc5c(cc4-c4ccc6ccccc6c4)C(c4ccccc4)(c4ccccc4)c4ccccc4-5)n3)cc2)cc1. The lowest BCUT2D eigenvalue weighted by Gasteiger charge is -2.34. The van der Waals surface area contributed by atoms with Gasteiger partial charge in [0.2, 0.25) is 0 Å². The van der Waals surface area contributed by atoms with Gasteiger partial charge in [0.1, 0.15) is 0 Å². The average Bonchev–Trinajstić information content (AvgIpc) is 3.62. The number of fused-ring (bicyclic) bond motifs is 4. The van der Waals surface area contributed by atoms with Crippen molar-refractivity contribution in [3.8, 4) is 67.5 Å². The van der Waals surface area contributed by atoms with Crippen LogP contribution in [-0.2, 0) is 5.41 Å². The molecule has 0 N–H and O–H groups in total. The van der Waals surface area contributed by atoms with E-state index in [4.69, 9.17) is 15.0 Å². The maximum absolute atomic E-state index is 5.36. The molecule has 0 unspecified atom stereocenters. The van der Waals surface area contributed by atoms with Gasteiger partial charge >= 0.3 is 0 Å². The summed E-state index contributed by atoms with van der Waals surface area (Å²) in [5.74, 6) is 1.88. The largest absolute Gasteiger partial charge is 0.208 e. The first kappa shape index (κ1) is 34.5. The van der Waals surface area contributed by atoms with E-state index in [1.807, 2.05) is 24.3 Å². The molecule has 276 valence electrons. The van der Waals surface area contributed by atoms with E-state index < -0.39 is 5.41 Å². The fraction of sp³-hybridized carbons (Fsp3) is 0.0179. The van der Waals surface area contributed by atoms with Crippen LogP contribution < -0.4 is 0 Å². The molecule has 1 heterocycles. The van der Waals surface area contributed by atoms with E-state index >= 15 is 0 Å². The Morgan fingerprint density at radius 1 is 0.254 bits per heavy atom. The number of aromatic nitrogens is 3. The van der Waals surface area contributed by atoms with Crippen LogP contribution in [0, 0.1) is 0 Å². The number of benzene rings is 9. The lowest BCUT2D eigenvalue weighted by Crippen LogP contribution is -2.28. The Labute approximate surface area is 344 Å². The molecular formula is C56H37N3. The molecule has 0 aliphatic heterocycles. The van der Waals surface area contributed by atoms with Crippen LogP contribution in [0.3, 0.4) is 0 Å². The van der Waals surface area contributed by atoms with Crippen molar-refractivity contribution < 1.29 is 0 Å². The van der Waals surface area contributed by atoms with Gasteiger partial charge in [-0.15, -0.1) is 0 Å². The van der Waals surface area contributed by atoms with Crippen molar-refractivity contribution in [2.75, 3.05) is 0 Å². The molecule has 1 aromatic heterocycles. The summed E-state index contributed by atoms with van der Waals surface area (Å²) in [7, 11) is 0. The highest BCUT2D eigenvalue weighted by atomic mass is 15.0. The molecule has 3 heteroatoms. The molecule has 1 aliphatic carbocycles. The quantitative estimate of drug-likeness (QED) is 0.163. The summed E-state index contributed by atoms with van der Waals surface area (Å²) in [5, 5.41) is 2.37. The lowest BCUT2D eigenvalue weighted by atomic mass is 9.67. The molecule has 9 aromatic carbocycles. The second-order valence-corrected chi connectivity index (χ2v) is 15.1. The summed E-state index contributed by atoms with van der Waals surface area (Å²) in [5.41, 5.74) is 14.0. The smallest absolute Gasteiger partial charge is 0.164 e. The van der Waals surface area contributed by atoms with Crippen molar-refractivity contribution in [1.82, 2.24) is 15.0 Å². The molecule has 0 radical (unpaired) electrons. The minimum atomic E-state index is -0.557. The highest BCUT2D eigenvalue weighted by Gasteiger charge is 2.46. The number of hydrogen-bond acceptors (Lipinski definition) is 3. The molecule has 10 aromatic rings. The standard InChI is InChI=1S/C56H37N3/c1-5-17-38(18-6-1)40-29-32-42(33-30-40)54-57-53(41-20-7-2-8-21-41)58-55(59-54)50-36-49-47-27-15-16-28-51(47)56(45-23-9-3-10-24-45,46-25-11-4-12-26-46)52(49)37-48(50)44-34-31-39-19-13-14-22-43(39)35-44/h1-37H. The summed E-state index contributed by atoms with van der Waals surface area (Å²) in [4.78, 5) is 15.8. The van der Waals surface area contributed by atoms with Crippen LogP contribution in [0.4, 0.5) is 0 Å². The first-order valence-corrected chi connectivity index (χ1v) is 20.1. The molecule has 0 amide bonds. The van der Waals surface area contributed by atoms with Crippen LogP contribution >= 0.6 is 0 Å². The molecule has 0 fully saturated rings. The number of nitrogens with zero attached hydrogens (tertiary/aromatic N) is 3. The molecule has 0 bridgehead atoms. The molecule has 0 atom stereocenters. The van der Waals surface area contributed by atoms with E-state index in [2.05, 4.69) is 200 Å². The van der Waals surface area contributed by atoms with Crippen LogP contribution in [0.5, 0.6) is 0 Å². The van der Waals surface area contributed by atoms with Gasteiger partial charge in [-0.1, -0.05) is 206 Å². The highest BCUT2D eigenvalue weighted by Crippen LogP contribution is 2.58. The third-order valence-electron chi connectivity index (χ3n) is 11.8. The van der Waals surface area contributed by atoms with Crippen molar-refractivity contribution in [2.24, 2.45) is 0 Å². The zero-order valence-corrected chi connectivity index (χ0v) is 32.2. The van der Waals surface area contributed by atoms with Crippen molar-refractivity contribution in [2.45, 2.75) is 5.41 Å². The summed E-state index contributed by atoms with van der Waals surface area (Å²) in [6, 6.07) is 80.1. The fourth-order valence-corrected chi connectivity index (χ4v) is 9.05. The lowest BCUT2D eigenvalue weighted by molar-refractivity contribution is 0.769. The van der Waals surface area contributed by atoms with Crippen LogP contribution in [0.2, 0.25) is 0 Å². The van der Waals surface area contributed by atoms with Gasteiger partial charge in [-0.25, -0.2) is 15.0 Å². The zero-order valence-electron chi connectivity index (χ0n) is 32.2. The second kappa shape index (κ2) is 14.3. The predicted octanol–water partition coefficient (Wildman–Crippen LogP) is 13.7. The molecule has 1 aliphatic rings. The highest BCUT2D eigenvalue weighted by molar-refractivity contribution is 5.96. The fourth-order valence-electron chi connectivity index (χ4n) is 9.05. The van der Waals surface area contributed by atoms with Gasteiger partial charge in [-0.05, 0) is 84.6 Å². The van der Waals surface area contributed by atoms with E-state index in [-0.39, 0.29) is 0 Å². The second-order valence-electron chi connectivity index (χ2n) is 15.1. The summed E-state index contributed by atoms with van der Waals surface area (Å²) < 4.78 is 0. The minimum absolute atomic E-state index is 0.557. The Morgan fingerprint density at radius 2 is 0.729 bits per heavy atom. The first-order chi connectivity index (χ1) is 29.2. The topological polar surface area (TPSA) is 38.7 Å². The van der Waals surface area contributed by atoms with Crippen LogP contribution in [0.15, 0.2) is 224 Å². The van der Waals surface area contributed by atoms with Gasteiger partial charge in [-0.3, -0.25) is 0 Å². The maximum Gasteiger partial charge on any atom is 0.164 e. The molecule has 11 rings (SSSR count). The normalized spacial score (nSPS) is 12.5. The first-order valence-electron chi connectivity index (χ1n) is 20.1. The zero-order chi connectivity index (χ0) is 39.2. The van der Waals surface area contributed by atoms with Crippen molar-refractivity contribution in [1.29, 1.82) is 0 Å². The predicted molar refractivity (Wildman–Crippen MR) is 242 cm³/mol. The Hall–Kier alpha value is -7.75. The monoisotopic (exact) mass is 751 g/mol. The molecule has 3 nitrogen and oxygen atoms in total.